The number of methoxy groups -OCH3 is 1. The van der Waals surface area contributed by atoms with Crippen LogP contribution >= 0.6 is 0 Å². The number of allylic oxidation sites excluding steroid dienone is 1. The van der Waals surface area contributed by atoms with Gasteiger partial charge in [-0.2, -0.15) is 8.78 Å². The lowest BCUT2D eigenvalue weighted by atomic mass is 9.87. The Bertz CT molecular complexity index is 959. The monoisotopic (exact) mass is 550 g/mol. The molecule has 1 aliphatic carbocycles. The van der Waals surface area contributed by atoms with Crippen molar-refractivity contribution in [3.63, 3.8) is 0 Å². The molecule has 9 heteroatoms. The summed E-state index contributed by atoms with van der Waals surface area (Å²) in [7, 11) is 1.36. The maximum absolute atomic E-state index is 14.9. The standard InChI is InChI=1S/C30H40F2O7/c1-21(33)38-25-20-26(39-29-16-10-11-19-37-29)24(23(25)14-8-3-4-9-15-28(35)36-2)17-18-27(34)30(31,32)22-12-6-5-7-13-22/h5-7,12-13,17-18,23-26,29H,3-4,8-11,14-16,19-20H2,1-2H3/b18-17+/t23?,24-,25+,26-,29?/m1/s1. The predicted molar refractivity (Wildman–Crippen MR) is 140 cm³/mol. The summed E-state index contributed by atoms with van der Waals surface area (Å²) in [4.78, 5) is 35.9. The van der Waals surface area contributed by atoms with Crippen LogP contribution in [-0.2, 0) is 39.3 Å². The van der Waals surface area contributed by atoms with Crippen LogP contribution in [0.5, 0.6) is 0 Å². The Kier molecular flexibility index (Phi) is 12.1. The summed E-state index contributed by atoms with van der Waals surface area (Å²) in [6.07, 6.45) is 8.34. The highest BCUT2D eigenvalue weighted by atomic mass is 19.3. The van der Waals surface area contributed by atoms with E-state index in [1.54, 1.807) is 6.07 Å². The van der Waals surface area contributed by atoms with Crippen molar-refractivity contribution in [2.24, 2.45) is 11.8 Å². The van der Waals surface area contributed by atoms with Crippen molar-refractivity contribution in [1.29, 1.82) is 0 Å². The predicted octanol–water partition coefficient (Wildman–Crippen LogP) is 5.90. The van der Waals surface area contributed by atoms with Gasteiger partial charge in [0, 0.05) is 43.8 Å². The molecule has 2 fully saturated rings. The van der Waals surface area contributed by atoms with E-state index in [0.717, 1.165) is 44.6 Å². The van der Waals surface area contributed by atoms with Gasteiger partial charge in [0.15, 0.2) is 6.29 Å². The molecule has 1 aromatic rings. The van der Waals surface area contributed by atoms with Crippen LogP contribution < -0.4 is 0 Å². The fourth-order valence-corrected chi connectivity index (χ4v) is 5.44. The van der Waals surface area contributed by atoms with E-state index in [0.29, 0.717) is 32.3 Å². The first-order chi connectivity index (χ1) is 18.7. The summed E-state index contributed by atoms with van der Waals surface area (Å²) < 4.78 is 52.1. The summed E-state index contributed by atoms with van der Waals surface area (Å²) >= 11 is 0. The second kappa shape index (κ2) is 15.2. The van der Waals surface area contributed by atoms with Gasteiger partial charge in [0.25, 0.3) is 0 Å². The van der Waals surface area contributed by atoms with E-state index in [4.69, 9.17) is 14.2 Å². The number of benzene rings is 1. The van der Waals surface area contributed by atoms with Crippen LogP contribution in [0.4, 0.5) is 8.78 Å². The Balaban J connectivity index is 1.75. The molecule has 0 N–H and O–H groups in total. The molecule has 1 saturated carbocycles. The van der Waals surface area contributed by atoms with Crippen LogP contribution in [0.15, 0.2) is 42.5 Å². The van der Waals surface area contributed by atoms with Gasteiger partial charge < -0.3 is 18.9 Å². The first-order valence-electron chi connectivity index (χ1n) is 13.9. The summed E-state index contributed by atoms with van der Waals surface area (Å²) in [6, 6.07) is 7.01. The van der Waals surface area contributed by atoms with Crippen LogP contribution in [0, 0.1) is 11.8 Å². The third kappa shape index (κ3) is 9.21. The number of halogens is 2. The van der Waals surface area contributed by atoms with Crippen molar-refractivity contribution in [2.45, 2.75) is 95.6 Å². The number of ketones is 1. The Morgan fingerprint density at radius 1 is 1.05 bits per heavy atom. The van der Waals surface area contributed by atoms with E-state index in [-0.39, 0.29) is 17.5 Å². The van der Waals surface area contributed by atoms with E-state index < -0.39 is 42.1 Å². The zero-order valence-corrected chi connectivity index (χ0v) is 22.8. The number of rotatable bonds is 14. The first kappa shape index (κ1) is 30.9. The number of hydrogen-bond acceptors (Lipinski definition) is 7. The lowest BCUT2D eigenvalue weighted by molar-refractivity contribution is -0.193. The van der Waals surface area contributed by atoms with Gasteiger partial charge in [-0.1, -0.05) is 55.7 Å². The SMILES string of the molecule is COC(=O)CCCCCCC1[C@@H](OC(C)=O)C[C@@H](OC2CCCCO2)[C@@H]1/C=C/C(=O)C(F)(F)c1ccccc1. The van der Waals surface area contributed by atoms with Gasteiger partial charge in [0.2, 0.25) is 5.78 Å². The lowest BCUT2D eigenvalue weighted by Crippen LogP contribution is -2.31. The molecule has 1 aliphatic heterocycles. The second-order valence-electron chi connectivity index (χ2n) is 10.3. The van der Waals surface area contributed by atoms with E-state index in [9.17, 15) is 23.2 Å². The normalized spacial score (nSPS) is 25.5. The smallest absolute Gasteiger partial charge is 0.334 e. The number of hydrogen-bond donors (Lipinski definition) is 0. The molecular formula is C30H40F2O7. The van der Waals surface area contributed by atoms with Crippen LogP contribution in [-0.4, -0.2) is 49.9 Å². The maximum Gasteiger partial charge on any atom is 0.334 e. The van der Waals surface area contributed by atoms with Crippen molar-refractivity contribution in [3.8, 4) is 0 Å². The molecule has 1 heterocycles. The number of esters is 2. The maximum atomic E-state index is 14.9. The topological polar surface area (TPSA) is 88.1 Å². The van der Waals surface area contributed by atoms with E-state index in [2.05, 4.69) is 4.74 Å². The van der Waals surface area contributed by atoms with Gasteiger partial charge in [-0.15, -0.1) is 0 Å². The molecule has 0 amide bonds. The van der Waals surface area contributed by atoms with E-state index >= 15 is 0 Å². The fourth-order valence-electron chi connectivity index (χ4n) is 5.44. The zero-order chi connectivity index (χ0) is 28.3. The van der Waals surface area contributed by atoms with Gasteiger partial charge in [-0.3, -0.25) is 14.4 Å². The second-order valence-corrected chi connectivity index (χ2v) is 10.3. The fraction of sp³-hybridized carbons (Fsp3) is 0.633. The molecule has 0 aromatic heterocycles. The van der Waals surface area contributed by atoms with Crippen molar-refractivity contribution in [3.05, 3.63) is 48.0 Å². The minimum atomic E-state index is -3.66. The van der Waals surface area contributed by atoms with Crippen molar-refractivity contribution in [2.75, 3.05) is 13.7 Å². The van der Waals surface area contributed by atoms with Crippen molar-refractivity contribution in [1.82, 2.24) is 0 Å². The molecule has 0 spiro atoms. The largest absolute Gasteiger partial charge is 0.469 e. The average Bonchev–Trinajstić information content (AvgIpc) is 3.24. The molecule has 0 radical (unpaired) electrons. The number of carbonyl (C=O) groups excluding carboxylic acids is 3. The molecule has 2 unspecified atom stereocenters. The highest BCUT2D eigenvalue weighted by Crippen LogP contribution is 2.42. The number of carbonyl (C=O) groups is 3. The van der Waals surface area contributed by atoms with Gasteiger partial charge in [0.05, 0.1) is 13.2 Å². The van der Waals surface area contributed by atoms with Crippen molar-refractivity contribution < 1.29 is 42.1 Å². The molecule has 3 rings (SSSR count). The highest BCUT2D eigenvalue weighted by molar-refractivity contribution is 5.96. The van der Waals surface area contributed by atoms with E-state index in [1.165, 1.54) is 44.4 Å². The third-order valence-electron chi connectivity index (χ3n) is 7.46. The molecule has 39 heavy (non-hydrogen) atoms. The highest BCUT2D eigenvalue weighted by Gasteiger charge is 2.46. The number of unbranched alkanes of at least 4 members (excludes halogenated alkanes) is 3. The zero-order valence-electron chi connectivity index (χ0n) is 22.8. The van der Waals surface area contributed by atoms with Crippen molar-refractivity contribution >= 4 is 17.7 Å². The Hall–Kier alpha value is -2.65. The summed E-state index contributed by atoms with van der Waals surface area (Å²) in [5.74, 6) is -6.26. The summed E-state index contributed by atoms with van der Waals surface area (Å²) in [5.41, 5.74) is -0.365. The molecule has 0 bridgehead atoms. The molecule has 2 aliphatic rings. The molecule has 7 nitrogen and oxygen atoms in total. The molecule has 5 atom stereocenters. The Morgan fingerprint density at radius 3 is 2.46 bits per heavy atom. The van der Waals surface area contributed by atoms with Gasteiger partial charge in [-0.05, 0) is 38.2 Å². The van der Waals surface area contributed by atoms with Crippen LogP contribution in [0.25, 0.3) is 0 Å². The van der Waals surface area contributed by atoms with Crippen LogP contribution in [0.1, 0.15) is 76.7 Å². The quantitative estimate of drug-likeness (QED) is 0.162. The minimum Gasteiger partial charge on any atom is -0.469 e. The Morgan fingerprint density at radius 2 is 1.79 bits per heavy atom. The molecule has 216 valence electrons. The third-order valence-corrected chi connectivity index (χ3v) is 7.46. The molecular weight excluding hydrogens is 510 g/mol. The molecule has 1 saturated heterocycles. The van der Waals surface area contributed by atoms with Gasteiger partial charge >= 0.3 is 17.9 Å². The summed E-state index contributed by atoms with van der Waals surface area (Å²) in [6.45, 7) is 1.93. The van der Waals surface area contributed by atoms with Gasteiger partial charge in [0.1, 0.15) is 6.10 Å². The minimum absolute atomic E-state index is 0.211. The lowest BCUT2D eigenvalue weighted by Gasteiger charge is -2.29. The number of ether oxygens (including phenoxy) is 4. The van der Waals surface area contributed by atoms with Crippen LogP contribution in [0.3, 0.4) is 0 Å². The first-order valence-corrected chi connectivity index (χ1v) is 13.9. The molecule has 1 aromatic carbocycles. The van der Waals surface area contributed by atoms with E-state index in [1.807, 2.05) is 0 Å². The van der Waals surface area contributed by atoms with Crippen LogP contribution in [0.2, 0.25) is 0 Å². The summed E-state index contributed by atoms with van der Waals surface area (Å²) in [5, 5.41) is 0. The average molecular weight is 551 g/mol. The Labute approximate surface area is 229 Å². The number of alkyl halides is 2. The van der Waals surface area contributed by atoms with Gasteiger partial charge in [-0.25, -0.2) is 0 Å².